The zero-order valence-corrected chi connectivity index (χ0v) is 8.08. The van der Waals surface area contributed by atoms with Gasteiger partial charge in [-0.1, -0.05) is 0 Å². The summed E-state index contributed by atoms with van der Waals surface area (Å²) >= 11 is 0. The van der Waals surface area contributed by atoms with E-state index in [9.17, 15) is 9.18 Å². The van der Waals surface area contributed by atoms with Gasteiger partial charge < -0.3 is 9.52 Å². The van der Waals surface area contributed by atoms with Crippen LogP contribution in [0.25, 0.3) is 11.0 Å². The van der Waals surface area contributed by atoms with E-state index in [0.717, 1.165) is 0 Å². The third-order valence-corrected chi connectivity index (χ3v) is 2.28. The minimum Gasteiger partial charge on any atom is -0.481 e. The van der Waals surface area contributed by atoms with Gasteiger partial charge in [0.25, 0.3) is 0 Å². The van der Waals surface area contributed by atoms with Crippen molar-refractivity contribution in [2.45, 2.75) is 13.3 Å². The molecule has 78 valence electrons. The maximum atomic E-state index is 12.9. The zero-order valence-electron chi connectivity index (χ0n) is 8.08. The van der Waals surface area contributed by atoms with E-state index < -0.39 is 11.8 Å². The minimum absolute atomic E-state index is 0.107. The Morgan fingerprint density at radius 2 is 2.27 bits per heavy atom. The van der Waals surface area contributed by atoms with Crippen molar-refractivity contribution in [3.8, 4) is 0 Å². The van der Waals surface area contributed by atoms with Crippen molar-refractivity contribution in [1.29, 1.82) is 0 Å². The number of aliphatic carboxylic acids is 1. The van der Waals surface area contributed by atoms with Crippen LogP contribution in [0, 0.1) is 12.7 Å². The number of benzene rings is 1. The van der Waals surface area contributed by atoms with Gasteiger partial charge in [0.15, 0.2) is 0 Å². The molecular formula is C11H9FO3. The zero-order chi connectivity index (χ0) is 11.0. The lowest BCUT2D eigenvalue weighted by Crippen LogP contribution is -2.00. The molecule has 0 spiro atoms. The summed E-state index contributed by atoms with van der Waals surface area (Å²) in [7, 11) is 0. The van der Waals surface area contributed by atoms with Crippen molar-refractivity contribution in [3.63, 3.8) is 0 Å². The first-order chi connectivity index (χ1) is 7.08. The van der Waals surface area contributed by atoms with Crippen LogP contribution in [0.4, 0.5) is 4.39 Å². The Morgan fingerprint density at radius 3 is 2.93 bits per heavy atom. The van der Waals surface area contributed by atoms with Gasteiger partial charge in [-0.25, -0.2) is 4.39 Å². The van der Waals surface area contributed by atoms with E-state index >= 15 is 0 Å². The van der Waals surface area contributed by atoms with Crippen LogP contribution in [0.3, 0.4) is 0 Å². The predicted molar refractivity (Wildman–Crippen MR) is 52.2 cm³/mol. The van der Waals surface area contributed by atoms with E-state index in [4.69, 9.17) is 9.52 Å². The van der Waals surface area contributed by atoms with Crippen LogP contribution in [-0.4, -0.2) is 11.1 Å². The molecule has 0 bridgehead atoms. The van der Waals surface area contributed by atoms with Crippen LogP contribution >= 0.6 is 0 Å². The maximum Gasteiger partial charge on any atom is 0.307 e. The number of carboxylic acid groups (broad SMARTS) is 1. The van der Waals surface area contributed by atoms with Gasteiger partial charge in [-0.05, 0) is 19.1 Å². The highest BCUT2D eigenvalue weighted by Crippen LogP contribution is 2.26. The molecule has 15 heavy (non-hydrogen) atoms. The summed E-state index contributed by atoms with van der Waals surface area (Å²) < 4.78 is 18.1. The molecule has 2 aromatic rings. The van der Waals surface area contributed by atoms with Crippen LogP contribution in [0.15, 0.2) is 22.6 Å². The van der Waals surface area contributed by atoms with Gasteiger partial charge in [0, 0.05) is 17.0 Å². The number of halogens is 1. The summed E-state index contributed by atoms with van der Waals surface area (Å²) in [5.41, 5.74) is 1.00. The number of hydrogen-bond donors (Lipinski definition) is 1. The minimum atomic E-state index is -0.926. The molecule has 1 heterocycles. The molecule has 1 aromatic carbocycles. The maximum absolute atomic E-state index is 12.9. The van der Waals surface area contributed by atoms with E-state index in [1.807, 2.05) is 0 Å². The van der Waals surface area contributed by atoms with Crippen molar-refractivity contribution in [1.82, 2.24) is 0 Å². The summed E-state index contributed by atoms with van der Waals surface area (Å²) in [6.07, 6.45) is -0.107. The van der Waals surface area contributed by atoms with Crippen LogP contribution in [0.5, 0.6) is 0 Å². The molecule has 0 radical (unpaired) electrons. The van der Waals surface area contributed by atoms with Gasteiger partial charge in [0.1, 0.15) is 17.2 Å². The van der Waals surface area contributed by atoms with Crippen molar-refractivity contribution in [2.75, 3.05) is 0 Å². The van der Waals surface area contributed by atoms with Gasteiger partial charge in [-0.15, -0.1) is 0 Å². The third kappa shape index (κ3) is 1.70. The number of carbonyl (C=O) groups is 1. The molecular weight excluding hydrogens is 199 g/mol. The van der Waals surface area contributed by atoms with Crippen LogP contribution < -0.4 is 0 Å². The first-order valence-electron chi connectivity index (χ1n) is 4.47. The Kier molecular flexibility index (Phi) is 2.19. The molecule has 1 N–H and O–H groups in total. The van der Waals surface area contributed by atoms with Gasteiger partial charge in [0.2, 0.25) is 0 Å². The fourth-order valence-electron chi connectivity index (χ4n) is 1.62. The highest BCUT2D eigenvalue weighted by molar-refractivity contribution is 5.86. The molecule has 0 saturated carbocycles. The topological polar surface area (TPSA) is 50.4 Å². The lowest BCUT2D eigenvalue weighted by molar-refractivity contribution is -0.136. The Hall–Kier alpha value is -1.84. The van der Waals surface area contributed by atoms with Gasteiger partial charge in [0.05, 0.1) is 6.42 Å². The average Bonchev–Trinajstić information content (AvgIpc) is 2.41. The highest BCUT2D eigenvalue weighted by Gasteiger charge is 2.13. The number of fused-ring (bicyclic) bond motifs is 1. The van der Waals surface area contributed by atoms with Crippen molar-refractivity contribution in [2.24, 2.45) is 0 Å². The Balaban J connectivity index is 2.63. The standard InChI is InChI=1S/C11H9FO3/c1-6-9(5-11(13)14)8-3-2-7(12)4-10(8)15-6/h2-4H,5H2,1H3,(H,13,14). The quantitative estimate of drug-likeness (QED) is 0.824. The highest BCUT2D eigenvalue weighted by atomic mass is 19.1. The molecule has 0 saturated heterocycles. The molecule has 0 aliphatic carbocycles. The largest absolute Gasteiger partial charge is 0.481 e. The van der Waals surface area contributed by atoms with E-state index in [-0.39, 0.29) is 6.42 Å². The summed E-state index contributed by atoms with van der Waals surface area (Å²) in [4.78, 5) is 10.6. The monoisotopic (exact) mass is 208 g/mol. The normalized spacial score (nSPS) is 10.8. The lowest BCUT2D eigenvalue weighted by atomic mass is 10.1. The van der Waals surface area contributed by atoms with Crippen molar-refractivity contribution in [3.05, 3.63) is 35.3 Å². The summed E-state index contributed by atoms with van der Waals surface area (Å²) in [5.74, 6) is -0.791. The molecule has 0 aliphatic rings. The van der Waals surface area contributed by atoms with Crippen molar-refractivity contribution < 1.29 is 18.7 Å². The number of hydrogen-bond acceptors (Lipinski definition) is 2. The summed E-state index contributed by atoms with van der Waals surface area (Å²) in [6.45, 7) is 1.68. The fourth-order valence-corrected chi connectivity index (χ4v) is 1.62. The second-order valence-corrected chi connectivity index (χ2v) is 3.35. The Morgan fingerprint density at radius 1 is 1.53 bits per heavy atom. The average molecular weight is 208 g/mol. The SMILES string of the molecule is Cc1oc2cc(F)ccc2c1CC(=O)O. The first-order valence-corrected chi connectivity index (χ1v) is 4.47. The molecule has 0 aliphatic heterocycles. The third-order valence-electron chi connectivity index (χ3n) is 2.28. The number of rotatable bonds is 2. The molecule has 2 rings (SSSR count). The van der Waals surface area contributed by atoms with E-state index in [0.29, 0.717) is 22.3 Å². The molecule has 0 unspecified atom stereocenters. The van der Waals surface area contributed by atoms with E-state index in [2.05, 4.69) is 0 Å². The van der Waals surface area contributed by atoms with Crippen LogP contribution in [-0.2, 0) is 11.2 Å². The number of carboxylic acids is 1. The second kappa shape index (κ2) is 3.38. The van der Waals surface area contributed by atoms with Crippen LogP contribution in [0.2, 0.25) is 0 Å². The molecule has 4 heteroatoms. The summed E-state index contributed by atoms with van der Waals surface area (Å²) in [5, 5.41) is 9.37. The van der Waals surface area contributed by atoms with Gasteiger partial charge in [-0.2, -0.15) is 0 Å². The Labute approximate surface area is 85.1 Å². The summed E-state index contributed by atoms with van der Waals surface area (Å²) in [6, 6.07) is 4.09. The molecule has 0 atom stereocenters. The first kappa shape index (κ1) is 9.71. The lowest BCUT2D eigenvalue weighted by Gasteiger charge is -1.94. The van der Waals surface area contributed by atoms with E-state index in [1.165, 1.54) is 12.1 Å². The second-order valence-electron chi connectivity index (χ2n) is 3.35. The number of aryl methyl sites for hydroxylation is 1. The van der Waals surface area contributed by atoms with Gasteiger partial charge >= 0.3 is 5.97 Å². The van der Waals surface area contributed by atoms with Crippen LogP contribution in [0.1, 0.15) is 11.3 Å². The fraction of sp³-hybridized carbons (Fsp3) is 0.182. The smallest absolute Gasteiger partial charge is 0.307 e. The molecule has 0 amide bonds. The molecule has 3 nitrogen and oxygen atoms in total. The predicted octanol–water partition coefficient (Wildman–Crippen LogP) is 2.51. The molecule has 1 aromatic heterocycles. The number of furan rings is 1. The Bertz CT molecular complexity index is 528. The molecule has 0 fully saturated rings. The van der Waals surface area contributed by atoms with E-state index in [1.54, 1.807) is 13.0 Å². The van der Waals surface area contributed by atoms with Crippen molar-refractivity contribution >= 4 is 16.9 Å². The van der Waals surface area contributed by atoms with Gasteiger partial charge in [-0.3, -0.25) is 4.79 Å².